The van der Waals surface area contributed by atoms with Crippen LogP contribution >= 0.6 is 0 Å². The topological polar surface area (TPSA) is 265 Å². The summed E-state index contributed by atoms with van der Waals surface area (Å²) < 4.78 is 0. The van der Waals surface area contributed by atoms with Gasteiger partial charge < -0.3 is 55.7 Å². The molecule has 0 aliphatic carbocycles. The number of carboxylic acid groups (broad SMARTS) is 4. The third kappa shape index (κ3) is 11.7. The smallest absolute Gasteiger partial charge is 0.326 e. The minimum absolute atomic E-state index is 0.0732. The second kappa shape index (κ2) is 18.2. The number of aliphatic hydroxyl groups excluding tert-OH is 2. The summed E-state index contributed by atoms with van der Waals surface area (Å²) in [4.78, 5) is 64.7. The predicted octanol–water partition coefficient (Wildman–Crippen LogP) is -2.13. The number of hydrogen-bond acceptors (Lipinski definition) is 11. The largest absolute Gasteiger partial charge is 0.548 e. The lowest BCUT2D eigenvalue weighted by atomic mass is 10.0. The molecule has 0 radical (unpaired) electrons. The molecule has 1 aromatic carbocycles. The molecule has 3 rings (SSSR count). The van der Waals surface area contributed by atoms with E-state index in [-0.39, 0.29) is 30.8 Å². The van der Waals surface area contributed by atoms with E-state index in [1.54, 1.807) is 19.1 Å². The molecule has 3 unspecified atom stereocenters. The van der Waals surface area contributed by atoms with E-state index in [1.807, 2.05) is 0 Å². The second-order valence-electron chi connectivity index (χ2n) is 9.24. The standard InChI is InChI=1S/C9H12O3.2C6H9NO3.C5H9NO4/c1-6-2-3-7(4-10)8(5-11)9(6)12;2*1-7-4(6(9)10)2-3-5(7)8;1-6-3(5(9)10)2-4(7)8/h2-3,10-12H,4-5H2,1H3;2*4H,2-3H2,1H3,(H,9,10);3,6H,2H2,1H3,(H,7,8)(H,9,10)/p-1. The van der Waals surface area contributed by atoms with Crippen molar-refractivity contribution >= 4 is 35.7 Å². The number of likely N-dealkylation sites (N-methyl/N-ethyl adjacent to an activating group) is 3. The number of hydrogen-bond donors (Lipinski definition) is 7. The van der Waals surface area contributed by atoms with Crippen molar-refractivity contribution in [3.63, 3.8) is 0 Å². The van der Waals surface area contributed by atoms with Crippen LogP contribution in [0.15, 0.2) is 12.1 Å². The lowest BCUT2D eigenvalue weighted by molar-refractivity contribution is -0.310. The number of nitrogens with one attached hydrogen (secondary N) is 1. The van der Waals surface area contributed by atoms with E-state index in [4.69, 9.17) is 25.5 Å². The summed E-state index contributed by atoms with van der Waals surface area (Å²) in [5, 5.41) is 64.7. The second-order valence-corrected chi connectivity index (χ2v) is 9.24. The van der Waals surface area contributed by atoms with Gasteiger partial charge in [-0.15, -0.1) is 0 Å². The van der Waals surface area contributed by atoms with Gasteiger partial charge >= 0.3 is 17.9 Å². The Hall–Kier alpha value is -4.28. The van der Waals surface area contributed by atoms with Crippen LogP contribution in [0.3, 0.4) is 0 Å². The van der Waals surface area contributed by atoms with Crippen molar-refractivity contribution in [2.75, 3.05) is 21.1 Å². The fraction of sp³-hybridized carbons (Fsp3) is 0.538. The number of rotatable bonds is 8. The Bertz CT molecular complexity index is 1080. The van der Waals surface area contributed by atoms with Crippen molar-refractivity contribution in [3.8, 4) is 5.75 Å². The molecule has 0 aromatic heterocycles. The first-order valence-electron chi connectivity index (χ1n) is 12.6. The van der Waals surface area contributed by atoms with Gasteiger partial charge in [0.15, 0.2) is 0 Å². The molecule has 2 aliphatic rings. The normalized spacial score (nSPS) is 18.0. The number of benzene rings is 1. The van der Waals surface area contributed by atoms with Crippen molar-refractivity contribution in [1.82, 2.24) is 15.1 Å². The molecule has 16 nitrogen and oxygen atoms in total. The van der Waals surface area contributed by atoms with Crippen LogP contribution in [0.1, 0.15) is 48.8 Å². The van der Waals surface area contributed by atoms with E-state index in [1.165, 1.54) is 30.9 Å². The molecule has 2 saturated heterocycles. The maximum atomic E-state index is 10.8. The first kappa shape index (κ1) is 37.7. The van der Waals surface area contributed by atoms with Crippen LogP contribution in [0.5, 0.6) is 5.75 Å². The van der Waals surface area contributed by atoms with Gasteiger partial charge in [-0.2, -0.15) is 0 Å². The monoisotopic (exact) mass is 600 g/mol. The number of likely N-dealkylation sites (tertiary alicyclic amines) is 2. The quantitative estimate of drug-likeness (QED) is 0.168. The van der Waals surface area contributed by atoms with Gasteiger partial charge in [-0.05, 0) is 37.9 Å². The summed E-state index contributed by atoms with van der Waals surface area (Å²) in [6.07, 6.45) is 1.14. The number of phenols is 1. The van der Waals surface area contributed by atoms with E-state index in [0.29, 0.717) is 42.4 Å². The molecule has 2 aliphatic heterocycles. The Morgan fingerprint density at radius 3 is 1.69 bits per heavy atom. The number of carbonyl (C=O) groups is 6. The van der Waals surface area contributed by atoms with Gasteiger partial charge in [0, 0.05) is 32.5 Å². The molecular weight excluding hydrogens is 562 g/mol. The molecule has 236 valence electrons. The number of carboxylic acids is 4. The lowest BCUT2D eigenvalue weighted by Gasteiger charge is -2.19. The van der Waals surface area contributed by atoms with Crippen molar-refractivity contribution in [3.05, 3.63) is 28.8 Å². The fourth-order valence-electron chi connectivity index (χ4n) is 3.78. The van der Waals surface area contributed by atoms with Gasteiger partial charge in [0.2, 0.25) is 11.8 Å². The fourth-order valence-corrected chi connectivity index (χ4v) is 3.78. The van der Waals surface area contributed by atoms with Crippen LogP contribution in [0.4, 0.5) is 0 Å². The maximum Gasteiger partial charge on any atom is 0.326 e. The summed E-state index contributed by atoms with van der Waals surface area (Å²) in [6, 6.07) is 1.12. The van der Waals surface area contributed by atoms with E-state index in [2.05, 4.69) is 5.32 Å². The third-order valence-electron chi connectivity index (χ3n) is 6.48. The van der Waals surface area contributed by atoms with Gasteiger partial charge in [0.1, 0.15) is 17.8 Å². The summed E-state index contributed by atoms with van der Waals surface area (Å²) in [5.74, 6) is -4.46. The van der Waals surface area contributed by atoms with Crippen molar-refractivity contribution in [2.24, 2.45) is 0 Å². The zero-order chi connectivity index (χ0) is 32.7. The Morgan fingerprint density at radius 2 is 1.45 bits per heavy atom. The number of aliphatic hydroxyl groups is 2. The molecule has 16 heteroatoms. The van der Waals surface area contributed by atoms with Crippen LogP contribution in [0.25, 0.3) is 0 Å². The number of aliphatic carboxylic acids is 4. The van der Waals surface area contributed by atoms with E-state index >= 15 is 0 Å². The Labute approximate surface area is 241 Å². The van der Waals surface area contributed by atoms with Crippen LogP contribution in [0.2, 0.25) is 0 Å². The van der Waals surface area contributed by atoms with Crippen LogP contribution in [-0.4, -0.2) is 115 Å². The van der Waals surface area contributed by atoms with Crippen LogP contribution in [-0.2, 0) is 42.0 Å². The van der Waals surface area contributed by atoms with Gasteiger partial charge in [-0.1, -0.05) is 12.1 Å². The molecule has 42 heavy (non-hydrogen) atoms. The van der Waals surface area contributed by atoms with Crippen molar-refractivity contribution in [2.45, 2.75) is 70.4 Å². The highest BCUT2D eigenvalue weighted by Crippen LogP contribution is 2.25. The average molecular weight is 601 g/mol. The van der Waals surface area contributed by atoms with Gasteiger partial charge in [-0.25, -0.2) is 4.79 Å². The lowest BCUT2D eigenvalue weighted by Crippen LogP contribution is -2.43. The summed E-state index contributed by atoms with van der Waals surface area (Å²) in [5.41, 5.74) is 1.69. The molecule has 2 heterocycles. The number of carbonyl (C=O) groups excluding carboxylic acids is 3. The van der Waals surface area contributed by atoms with Gasteiger partial charge in [0.25, 0.3) is 0 Å². The Kier molecular flexibility index (Phi) is 16.4. The van der Waals surface area contributed by atoms with Gasteiger partial charge in [0.05, 0.1) is 31.6 Å². The summed E-state index contributed by atoms with van der Waals surface area (Å²) >= 11 is 0. The van der Waals surface area contributed by atoms with Crippen LogP contribution < -0.4 is 10.4 Å². The predicted molar refractivity (Wildman–Crippen MR) is 142 cm³/mol. The SMILES string of the molecule is CN1C(=O)CCC1C(=O)O.CN1C(=O)CCC1C(=O)[O-].CNC(CC(=O)O)C(=O)O.Cc1ccc(CO)c(CO)c1O. The van der Waals surface area contributed by atoms with Crippen LogP contribution in [0, 0.1) is 6.92 Å². The molecule has 3 atom stereocenters. The zero-order valence-electron chi connectivity index (χ0n) is 23.8. The van der Waals surface area contributed by atoms with E-state index in [0.717, 1.165) is 0 Å². The summed E-state index contributed by atoms with van der Waals surface area (Å²) in [6.45, 7) is 1.34. The highest BCUT2D eigenvalue weighted by molar-refractivity contribution is 5.87. The molecular formula is C26H38N3O13-. The summed E-state index contributed by atoms with van der Waals surface area (Å²) in [7, 11) is 4.41. The van der Waals surface area contributed by atoms with Gasteiger partial charge in [-0.3, -0.25) is 19.2 Å². The number of aryl methyl sites for hydroxylation is 1. The Morgan fingerprint density at radius 1 is 0.952 bits per heavy atom. The molecule has 2 fully saturated rings. The molecule has 0 saturated carbocycles. The van der Waals surface area contributed by atoms with E-state index < -0.39 is 48.4 Å². The minimum Gasteiger partial charge on any atom is -0.548 e. The first-order chi connectivity index (χ1) is 19.5. The van der Waals surface area contributed by atoms with Crippen molar-refractivity contribution < 1.29 is 64.5 Å². The number of aromatic hydroxyl groups is 1. The maximum absolute atomic E-state index is 10.8. The Balaban J connectivity index is 0.000000536. The molecule has 2 amide bonds. The molecule has 1 aromatic rings. The molecule has 0 spiro atoms. The first-order valence-corrected chi connectivity index (χ1v) is 12.6. The average Bonchev–Trinajstić information content (AvgIpc) is 3.45. The van der Waals surface area contributed by atoms with E-state index in [9.17, 15) is 39.0 Å². The third-order valence-corrected chi connectivity index (χ3v) is 6.48. The highest BCUT2D eigenvalue weighted by atomic mass is 16.4. The highest BCUT2D eigenvalue weighted by Gasteiger charge is 2.32. The number of amides is 2. The minimum atomic E-state index is -1.16. The van der Waals surface area contributed by atoms with Crippen molar-refractivity contribution in [1.29, 1.82) is 0 Å². The number of nitrogens with zero attached hydrogens (tertiary/aromatic N) is 2. The molecule has 0 bridgehead atoms. The zero-order valence-corrected chi connectivity index (χ0v) is 23.8. The molecule has 7 N–H and O–H groups in total.